The van der Waals surface area contributed by atoms with Gasteiger partial charge in [-0.05, 0) is 35.7 Å². The zero-order valence-electron chi connectivity index (χ0n) is 11.1. The molecule has 0 saturated heterocycles. The average Bonchev–Trinajstić information content (AvgIpc) is 2.47. The summed E-state index contributed by atoms with van der Waals surface area (Å²) in [6.07, 6.45) is 4.07. The van der Waals surface area contributed by atoms with E-state index < -0.39 is 17.7 Å². The Kier molecular flexibility index (Phi) is 4.63. The first-order valence-electron chi connectivity index (χ1n) is 6.40. The van der Waals surface area contributed by atoms with Gasteiger partial charge in [-0.3, -0.25) is 4.98 Å². The highest BCUT2D eigenvalue weighted by Gasteiger charge is 2.13. The van der Waals surface area contributed by atoms with Crippen molar-refractivity contribution in [2.75, 3.05) is 6.61 Å². The molecule has 20 heavy (non-hydrogen) atoms. The van der Waals surface area contributed by atoms with Crippen LogP contribution in [0.2, 0.25) is 0 Å². The second-order valence-corrected chi connectivity index (χ2v) is 4.45. The standard InChI is InChI=1S/C15H16F2N2O/c1-2-5-20-12-6-11(8-19-9-12)15(18)10-3-4-13(16)14(17)7-10/h3-4,6-9,15H,2,5,18H2,1H3. The maximum absolute atomic E-state index is 13.2. The summed E-state index contributed by atoms with van der Waals surface area (Å²) in [5.74, 6) is -1.19. The van der Waals surface area contributed by atoms with Gasteiger partial charge in [-0.1, -0.05) is 13.0 Å². The minimum Gasteiger partial charge on any atom is -0.492 e. The number of ether oxygens (including phenoxy) is 1. The second kappa shape index (κ2) is 6.43. The van der Waals surface area contributed by atoms with Gasteiger partial charge in [-0.15, -0.1) is 0 Å². The van der Waals surface area contributed by atoms with Crippen LogP contribution in [0.4, 0.5) is 8.78 Å². The molecule has 0 fully saturated rings. The Morgan fingerprint density at radius 1 is 1.15 bits per heavy atom. The number of halogens is 2. The van der Waals surface area contributed by atoms with E-state index >= 15 is 0 Å². The van der Waals surface area contributed by atoms with Gasteiger partial charge in [0.25, 0.3) is 0 Å². The summed E-state index contributed by atoms with van der Waals surface area (Å²) >= 11 is 0. The molecule has 1 aromatic carbocycles. The molecule has 1 aromatic heterocycles. The number of pyridine rings is 1. The summed E-state index contributed by atoms with van der Waals surface area (Å²) in [4.78, 5) is 4.05. The number of nitrogens with two attached hydrogens (primary N) is 1. The van der Waals surface area contributed by atoms with Gasteiger partial charge >= 0.3 is 0 Å². The van der Waals surface area contributed by atoms with Crippen LogP contribution in [0.5, 0.6) is 5.75 Å². The molecule has 0 bridgehead atoms. The van der Waals surface area contributed by atoms with E-state index in [2.05, 4.69) is 4.98 Å². The molecular weight excluding hydrogens is 262 g/mol. The van der Waals surface area contributed by atoms with E-state index in [1.165, 1.54) is 6.07 Å². The van der Waals surface area contributed by atoms with Crippen molar-refractivity contribution in [2.24, 2.45) is 5.73 Å². The Morgan fingerprint density at radius 3 is 2.65 bits per heavy atom. The highest BCUT2D eigenvalue weighted by Crippen LogP contribution is 2.23. The number of benzene rings is 1. The van der Waals surface area contributed by atoms with Crippen LogP contribution in [0.1, 0.15) is 30.5 Å². The molecule has 1 atom stereocenters. The highest BCUT2D eigenvalue weighted by molar-refractivity contribution is 5.34. The lowest BCUT2D eigenvalue weighted by atomic mass is 10.0. The van der Waals surface area contributed by atoms with E-state index in [0.717, 1.165) is 18.6 Å². The summed E-state index contributed by atoms with van der Waals surface area (Å²) in [5.41, 5.74) is 7.22. The Hall–Kier alpha value is -2.01. The van der Waals surface area contributed by atoms with E-state index in [-0.39, 0.29) is 0 Å². The number of hydrogen-bond acceptors (Lipinski definition) is 3. The van der Waals surface area contributed by atoms with E-state index in [4.69, 9.17) is 10.5 Å². The third-order valence-corrected chi connectivity index (χ3v) is 2.87. The fraction of sp³-hybridized carbons (Fsp3) is 0.267. The summed E-state index contributed by atoms with van der Waals surface area (Å²) < 4.78 is 31.6. The molecule has 2 rings (SSSR count). The fourth-order valence-electron chi connectivity index (χ4n) is 1.80. The zero-order chi connectivity index (χ0) is 14.5. The Labute approximate surface area is 116 Å². The van der Waals surface area contributed by atoms with Crippen LogP contribution >= 0.6 is 0 Å². The van der Waals surface area contributed by atoms with Crippen LogP contribution in [-0.2, 0) is 0 Å². The molecule has 1 heterocycles. The first-order chi connectivity index (χ1) is 9.61. The van der Waals surface area contributed by atoms with Crippen LogP contribution < -0.4 is 10.5 Å². The summed E-state index contributed by atoms with van der Waals surface area (Å²) in [6.45, 7) is 2.59. The molecule has 0 aliphatic heterocycles. The van der Waals surface area contributed by atoms with Gasteiger partial charge in [0.1, 0.15) is 5.75 Å². The van der Waals surface area contributed by atoms with Gasteiger partial charge in [0.05, 0.1) is 18.8 Å². The first-order valence-corrected chi connectivity index (χ1v) is 6.40. The second-order valence-electron chi connectivity index (χ2n) is 4.45. The van der Waals surface area contributed by atoms with Gasteiger partial charge in [0, 0.05) is 6.20 Å². The number of aromatic nitrogens is 1. The predicted octanol–water partition coefficient (Wildman–Crippen LogP) is 3.20. The van der Waals surface area contributed by atoms with Crippen molar-refractivity contribution >= 4 is 0 Å². The minimum absolute atomic E-state index is 0.485. The van der Waals surface area contributed by atoms with Crippen LogP contribution in [-0.4, -0.2) is 11.6 Å². The highest BCUT2D eigenvalue weighted by atomic mass is 19.2. The van der Waals surface area contributed by atoms with Crippen LogP contribution in [0.25, 0.3) is 0 Å². The fourth-order valence-corrected chi connectivity index (χ4v) is 1.80. The lowest BCUT2D eigenvalue weighted by molar-refractivity contribution is 0.315. The van der Waals surface area contributed by atoms with E-state index in [1.807, 2.05) is 6.92 Å². The molecule has 0 spiro atoms. The van der Waals surface area contributed by atoms with Gasteiger partial charge in [-0.2, -0.15) is 0 Å². The molecule has 0 radical (unpaired) electrons. The maximum atomic E-state index is 13.2. The predicted molar refractivity (Wildman–Crippen MR) is 72.4 cm³/mol. The van der Waals surface area contributed by atoms with Crippen molar-refractivity contribution in [2.45, 2.75) is 19.4 Å². The molecule has 0 aliphatic rings. The lowest BCUT2D eigenvalue weighted by Gasteiger charge is -2.14. The summed E-state index contributed by atoms with van der Waals surface area (Å²) in [5, 5.41) is 0. The third kappa shape index (κ3) is 3.30. The quantitative estimate of drug-likeness (QED) is 0.913. The van der Waals surface area contributed by atoms with Crippen molar-refractivity contribution in [3.05, 3.63) is 59.4 Å². The van der Waals surface area contributed by atoms with E-state index in [9.17, 15) is 8.78 Å². The lowest BCUT2D eigenvalue weighted by Crippen LogP contribution is -2.13. The van der Waals surface area contributed by atoms with Gasteiger partial charge in [0.2, 0.25) is 0 Å². The van der Waals surface area contributed by atoms with Gasteiger partial charge < -0.3 is 10.5 Å². The van der Waals surface area contributed by atoms with E-state index in [1.54, 1.807) is 18.5 Å². The molecule has 106 valence electrons. The zero-order valence-corrected chi connectivity index (χ0v) is 11.1. The molecule has 2 aromatic rings. The molecule has 5 heteroatoms. The van der Waals surface area contributed by atoms with Crippen molar-refractivity contribution in [3.8, 4) is 5.75 Å². The number of nitrogens with zero attached hydrogens (tertiary/aromatic N) is 1. The minimum atomic E-state index is -0.913. The van der Waals surface area contributed by atoms with Crippen LogP contribution in [0.3, 0.4) is 0 Å². The van der Waals surface area contributed by atoms with E-state index in [0.29, 0.717) is 23.5 Å². The van der Waals surface area contributed by atoms with Crippen LogP contribution in [0.15, 0.2) is 36.7 Å². The molecule has 0 amide bonds. The molecule has 0 saturated carbocycles. The SMILES string of the molecule is CCCOc1cncc(C(N)c2ccc(F)c(F)c2)c1. The van der Waals surface area contributed by atoms with Crippen molar-refractivity contribution in [3.63, 3.8) is 0 Å². The molecule has 2 N–H and O–H groups in total. The maximum Gasteiger partial charge on any atom is 0.159 e. The summed E-state index contributed by atoms with van der Waals surface area (Å²) in [7, 11) is 0. The normalized spacial score (nSPS) is 12.2. The largest absolute Gasteiger partial charge is 0.492 e. The Balaban J connectivity index is 2.23. The third-order valence-electron chi connectivity index (χ3n) is 2.87. The monoisotopic (exact) mass is 278 g/mol. The summed E-state index contributed by atoms with van der Waals surface area (Å²) in [6, 6.07) is 4.80. The average molecular weight is 278 g/mol. The molecule has 3 nitrogen and oxygen atoms in total. The molecule has 1 unspecified atom stereocenters. The Bertz CT molecular complexity index is 590. The molecule has 0 aliphatic carbocycles. The topological polar surface area (TPSA) is 48.1 Å². The van der Waals surface area contributed by atoms with Crippen molar-refractivity contribution < 1.29 is 13.5 Å². The van der Waals surface area contributed by atoms with Crippen molar-refractivity contribution in [1.29, 1.82) is 0 Å². The Morgan fingerprint density at radius 2 is 1.95 bits per heavy atom. The number of rotatable bonds is 5. The first kappa shape index (κ1) is 14.4. The molecular formula is C15H16F2N2O. The van der Waals surface area contributed by atoms with Crippen LogP contribution in [0, 0.1) is 11.6 Å². The van der Waals surface area contributed by atoms with Crippen molar-refractivity contribution in [1.82, 2.24) is 4.98 Å². The van der Waals surface area contributed by atoms with Gasteiger partial charge in [0.15, 0.2) is 11.6 Å². The number of hydrogen-bond donors (Lipinski definition) is 1. The smallest absolute Gasteiger partial charge is 0.159 e. The van der Waals surface area contributed by atoms with Gasteiger partial charge in [-0.25, -0.2) is 8.78 Å².